The average molecular weight is 1360 g/mol. The van der Waals surface area contributed by atoms with E-state index in [0.717, 1.165) is 57.8 Å². The lowest BCUT2D eigenvalue weighted by Gasteiger charge is -2.21. The molecule has 0 radical (unpaired) electrons. The number of amides is 4. The van der Waals surface area contributed by atoms with Gasteiger partial charge in [-0.25, -0.2) is 14.6 Å². The number of nitrogens with one attached hydrogen (secondary N) is 5. The van der Waals surface area contributed by atoms with Crippen LogP contribution in [0.2, 0.25) is 0 Å². The molecule has 4 amide bonds. The molecule has 7 atom stereocenters. The van der Waals surface area contributed by atoms with Crippen molar-refractivity contribution in [2.45, 2.75) is 230 Å². The monoisotopic (exact) mass is 1360 g/mol. The highest BCUT2D eigenvalue weighted by Crippen LogP contribution is 2.23. The van der Waals surface area contributed by atoms with Crippen LogP contribution in [0.1, 0.15) is 208 Å². The fourth-order valence-corrected chi connectivity index (χ4v) is 10.1. The largest absolute Gasteiger partial charge is 0.481 e. The molecule has 1 heterocycles. The molecule has 1 aromatic heterocycles. The number of unbranched alkanes of at least 4 members (excludes halogenated alkanes) is 14. The third kappa shape index (κ3) is 46.6. The Morgan fingerprint density at radius 1 is 0.474 bits per heavy atom. The zero-order chi connectivity index (χ0) is 70.6. The number of aromatic amines is 1. The van der Waals surface area contributed by atoms with Crippen LogP contribution in [0.25, 0.3) is 0 Å². The third-order valence-electron chi connectivity index (χ3n) is 15.7. The molecule has 0 aliphatic heterocycles. The third-order valence-corrected chi connectivity index (χ3v) is 15.7. The van der Waals surface area contributed by atoms with Gasteiger partial charge < -0.3 is 81.6 Å². The number of ketones is 4. The Hall–Kier alpha value is -7.12. The molecule has 0 saturated heterocycles. The molecule has 30 nitrogen and oxygen atoms in total. The second kappa shape index (κ2) is 54.1. The molecule has 0 spiro atoms. The molecule has 0 fully saturated rings. The van der Waals surface area contributed by atoms with Crippen LogP contribution in [-0.2, 0) is 87.7 Å². The first-order valence-corrected chi connectivity index (χ1v) is 33.5. The van der Waals surface area contributed by atoms with E-state index in [1.807, 2.05) is 0 Å². The number of aliphatic hydroxyl groups excluding tert-OH is 1. The van der Waals surface area contributed by atoms with Crippen LogP contribution in [-0.4, -0.2) is 207 Å². The van der Waals surface area contributed by atoms with Crippen molar-refractivity contribution in [3.63, 3.8) is 0 Å². The van der Waals surface area contributed by atoms with Gasteiger partial charge in [-0.1, -0.05) is 83.5 Å². The fourth-order valence-electron chi connectivity index (χ4n) is 10.1. The summed E-state index contributed by atoms with van der Waals surface area (Å²) < 4.78 is 21.4. The summed E-state index contributed by atoms with van der Waals surface area (Å²) in [5, 5.41) is 67.1. The summed E-state index contributed by atoms with van der Waals surface area (Å²) in [5.74, 6) is -13.2. The highest BCUT2D eigenvalue weighted by atomic mass is 16.5. The second-order valence-corrected chi connectivity index (χ2v) is 23.9. The Balaban J connectivity index is 0. The van der Waals surface area contributed by atoms with Crippen molar-refractivity contribution in [2.75, 3.05) is 65.9 Å². The Kier molecular flexibility index (Phi) is 48.9. The predicted molar refractivity (Wildman–Crippen MR) is 347 cm³/mol. The van der Waals surface area contributed by atoms with E-state index in [9.17, 15) is 87.9 Å². The van der Waals surface area contributed by atoms with Crippen molar-refractivity contribution in [2.24, 2.45) is 23.5 Å². The highest BCUT2D eigenvalue weighted by Gasteiger charge is 2.32. The molecule has 95 heavy (non-hydrogen) atoms. The minimum atomic E-state index is -1.40. The van der Waals surface area contributed by atoms with Crippen molar-refractivity contribution >= 4 is 76.6 Å². The van der Waals surface area contributed by atoms with Crippen molar-refractivity contribution < 1.29 is 115 Å². The van der Waals surface area contributed by atoms with Gasteiger partial charge in [-0.15, -0.1) is 0 Å². The first kappa shape index (κ1) is 85.9. The van der Waals surface area contributed by atoms with Crippen LogP contribution in [0.5, 0.6) is 0 Å². The quantitative estimate of drug-likeness (QED) is 0.0394. The van der Waals surface area contributed by atoms with Crippen LogP contribution < -0.4 is 27.0 Å². The minimum Gasteiger partial charge on any atom is -0.481 e. The van der Waals surface area contributed by atoms with E-state index in [2.05, 4.69) is 31.2 Å². The van der Waals surface area contributed by atoms with Gasteiger partial charge in [0.15, 0.2) is 11.6 Å². The van der Waals surface area contributed by atoms with Crippen molar-refractivity contribution in [3.8, 4) is 0 Å². The molecule has 0 aliphatic carbocycles. The van der Waals surface area contributed by atoms with Crippen LogP contribution in [0.4, 0.5) is 0 Å². The van der Waals surface area contributed by atoms with Gasteiger partial charge in [-0.2, -0.15) is 0 Å². The zero-order valence-corrected chi connectivity index (χ0v) is 55.3. The fraction of sp³-hybridized carbons (Fsp3) is 0.754. The molecule has 0 aliphatic rings. The van der Waals surface area contributed by atoms with Gasteiger partial charge in [-0.05, 0) is 58.3 Å². The van der Waals surface area contributed by atoms with Crippen molar-refractivity contribution in [1.29, 1.82) is 0 Å². The number of aliphatic hydroxyl groups is 1. The smallest absolute Gasteiger partial charge is 0.326 e. The second-order valence-electron chi connectivity index (χ2n) is 23.9. The number of carboxylic acids is 5. The van der Waals surface area contributed by atoms with Gasteiger partial charge in [0.05, 0.1) is 63.3 Å². The molecule has 13 N–H and O–H groups in total. The lowest BCUT2D eigenvalue weighted by Crippen LogP contribution is -2.43. The maximum atomic E-state index is 13.2. The zero-order valence-electron chi connectivity index (χ0n) is 55.3. The lowest BCUT2D eigenvalue weighted by molar-refractivity contribution is -0.148. The average Bonchev–Trinajstić information content (AvgIpc) is 1.75. The predicted octanol–water partition coefficient (Wildman–Crippen LogP) is 4.67. The van der Waals surface area contributed by atoms with Gasteiger partial charge in [0, 0.05) is 105 Å². The number of Topliss-reactive ketones (excluding diaryl/α,β-unsaturated/α-hetero) is 4. The highest BCUT2D eigenvalue weighted by molar-refractivity contribution is 5.92. The standard InChI is InChI=1S/C65H107N7O23.2H2/c1-45(73)51(63(86)87)40-55(76)46(38-56(77)52(66)39-48-41-67-44-70-48)19-16-17-29-68-58(79)28-26-54(65(90)91)72-60(81)43-95-36-33-92-31-18-20-50(75)42-94-35-34-93-32-30-69-57(78)27-23-47(62(84)85)37-49(74)24-25-53(64(88)89)71-59(80)21-14-12-10-8-6-4-2-3-5-7-9-11-13-15-22-61(82)83;;/h41,44-47,51-54,73H,2-40,42-43,66H2,1H3,(H,67,70)(H,68,79)(H,69,78)(H,71,80)(H,72,81)(H,82,83)(H,84,85)(H,86,87)(H,88,89)(H,90,91);2*1H/t45-,46-,47-,51+,52+,53+,54+;;/m1../s1. The van der Waals surface area contributed by atoms with Gasteiger partial charge in [0.2, 0.25) is 23.6 Å². The minimum absolute atomic E-state index is 0. The van der Waals surface area contributed by atoms with Crippen LogP contribution >= 0.6 is 0 Å². The molecule has 0 bridgehead atoms. The summed E-state index contributed by atoms with van der Waals surface area (Å²) in [6.07, 6.45) is 15.5. The lowest BCUT2D eigenvalue weighted by atomic mass is 9.84. The number of nitrogens with zero attached hydrogens (tertiary/aromatic N) is 1. The number of imidazole rings is 1. The van der Waals surface area contributed by atoms with E-state index >= 15 is 0 Å². The Labute approximate surface area is 558 Å². The maximum Gasteiger partial charge on any atom is 0.326 e. The topological polar surface area (TPSA) is 483 Å². The SMILES string of the molecule is C[C@@H](O)[C@H](CC(=O)[C@H](CCCCNC(=O)CC[C@H](NC(=O)COCCOCCCC(=O)COCCOCCNC(=O)CC[C@H](CC(=O)CC[C@H](NC(=O)CCCCCCCCCCCCCCCCC(=O)O)C(=O)O)C(=O)O)C(=O)O)CC(=O)[C@@H](N)Cc1cnc[nH]1)C(=O)O.[HH].[HH]. The Morgan fingerprint density at radius 3 is 1.55 bits per heavy atom. The molecule has 0 unspecified atom stereocenters. The number of hydrogen-bond donors (Lipinski definition) is 12. The maximum absolute atomic E-state index is 13.2. The molecule has 1 aromatic rings. The number of carboxylic acid groups (broad SMARTS) is 5. The molecule has 0 aromatic carbocycles. The van der Waals surface area contributed by atoms with E-state index < -0.39 is 132 Å². The molecule has 544 valence electrons. The number of aromatic nitrogens is 2. The number of ether oxygens (including phenoxy) is 4. The number of carbonyl (C=O) groups is 13. The number of aliphatic carboxylic acids is 5. The van der Waals surface area contributed by atoms with E-state index in [0.29, 0.717) is 31.4 Å². The summed E-state index contributed by atoms with van der Waals surface area (Å²) in [6.45, 7) is 1.38. The normalized spacial score (nSPS) is 13.5. The molecule has 0 saturated carbocycles. The van der Waals surface area contributed by atoms with Crippen molar-refractivity contribution in [3.05, 3.63) is 18.2 Å². The van der Waals surface area contributed by atoms with E-state index in [4.69, 9.17) is 29.8 Å². The molecular weight excluding hydrogens is 1250 g/mol. The van der Waals surface area contributed by atoms with E-state index in [1.54, 1.807) is 0 Å². The van der Waals surface area contributed by atoms with E-state index in [-0.39, 0.29) is 145 Å². The number of carbonyl (C=O) groups excluding carboxylic acids is 8. The summed E-state index contributed by atoms with van der Waals surface area (Å²) in [5.41, 5.74) is 6.70. The Bertz CT molecular complexity index is 2460. The van der Waals surface area contributed by atoms with Gasteiger partial charge >= 0.3 is 29.8 Å². The Morgan fingerprint density at radius 2 is 1.00 bits per heavy atom. The number of hydrogen-bond acceptors (Lipinski definition) is 20. The van der Waals surface area contributed by atoms with Crippen LogP contribution in [0.15, 0.2) is 12.5 Å². The summed E-state index contributed by atoms with van der Waals surface area (Å²) >= 11 is 0. The van der Waals surface area contributed by atoms with Gasteiger partial charge in [0.25, 0.3) is 0 Å². The molecule has 1 rings (SSSR count). The van der Waals surface area contributed by atoms with E-state index in [1.165, 1.54) is 45.1 Å². The first-order valence-electron chi connectivity index (χ1n) is 33.5. The summed E-state index contributed by atoms with van der Waals surface area (Å²) in [4.78, 5) is 165. The van der Waals surface area contributed by atoms with Gasteiger partial charge in [-0.3, -0.25) is 52.7 Å². The number of nitrogens with two attached hydrogens (primary N) is 1. The summed E-state index contributed by atoms with van der Waals surface area (Å²) in [6, 6.07) is -3.65. The molecular formula is C65H111N7O23. The van der Waals surface area contributed by atoms with Gasteiger partial charge in [0.1, 0.15) is 36.9 Å². The number of H-pyrrole nitrogens is 1. The van der Waals surface area contributed by atoms with Crippen LogP contribution in [0, 0.1) is 17.8 Å². The first-order chi connectivity index (χ1) is 45.4. The van der Waals surface area contributed by atoms with Crippen molar-refractivity contribution in [1.82, 2.24) is 31.2 Å². The van der Waals surface area contributed by atoms with Crippen LogP contribution in [0.3, 0.4) is 0 Å². The summed E-state index contributed by atoms with van der Waals surface area (Å²) in [7, 11) is 0. The molecule has 30 heteroatoms. The number of rotatable bonds is 65.